The molecule has 0 spiro atoms. The summed E-state index contributed by atoms with van der Waals surface area (Å²) in [6, 6.07) is 68.6. The number of ketones is 4. The minimum Gasteiger partial charge on any atom is -0.391 e. The van der Waals surface area contributed by atoms with Gasteiger partial charge < -0.3 is 45.5 Å². The first-order valence-electron chi connectivity index (χ1n) is 40.6. The van der Waals surface area contributed by atoms with Crippen LogP contribution in [0.5, 0.6) is 0 Å². The second-order valence-corrected chi connectivity index (χ2v) is 31.2. The van der Waals surface area contributed by atoms with E-state index in [1.54, 1.807) is 212 Å². The van der Waals surface area contributed by atoms with Crippen LogP contribution in [0.25, 0.3) is 0 Å². The van der Waals surface area contributed by atoms with E-state index in [9.17, 15) is 38.4 Å². The van der Waals surface area contributed by atoms with E-state index >= 15 is 0 Å². The fraction of sp³-hybridized carbons (Fsp3) is 0.175. The van der Waals surface area contributed by atoms with E-state index in [1.807, 2.05) is 35.2 Å². The molecule has 10 N–H and O–H groups in total. The molecule has 15 rings (SSSR count). The molecule has 3 fully saturated rings. The van der Waals surface area contributed by atoms with Crippen LogP contribution >= 0.6 is 46.4 Å². The van der Waals surface area contributed by atoms with Crippen molar-refractivity contribution in [2.24, 2.45) is 5.90 Å². The maximum absolute atomic E-state index is 12.9. The van der Waals surface area contributed by atoms with Gasteiger partial charge in [-0.3, -0.25) is 60.0 Å². The van der Waals surface area contributed by atoms with Crippen molar-refractivity contribution in [1.29, 1.82) is 21.6 Å². The number of nitrogens with two attached hydrogens (primary N) is 1. The van der Waals surface area contributed by atoms with Crippen LogP contribution in [-0.4, -0.2) is 157 Å². The van der Waals surface area contributed by atoms with E-state index in [-0.39, 0.29) is 78.3 Å². The molecule has 7 heterocycles. The molecule has 0 radical (unpaired) electrons. The van der Waals surface area contributed by atoms with Gasteiger partial charge in [0.2, 0.25) is 5.90 Å². The molecule has 644 valence electrons. The third-order valence-electron chi connectivity index (χ3n) is 20.8. The zero-order valence-electron chi connectivity index (χ0n) is 68.7. The van der Waals surface area contributed by atoms with Crippen LogP contribution in [0.15, 0.2) is 267 Å². The summed E-state index contributed by atoms with van der Waals surface area (Å²) < 4.78 is 5.34. The van der Waals surface area contributed by atoms with E-state index in [4.69, 9.17) is 78.7 Å². The Bertz CT molecular complexity index is 5770. The molecule has 0 saturated carbocycles. The summed E-state index contributed by atoms with van der Waals surface area (Å²) in [6.45, 7) is 6.22. The van der Waals surface area contributed by atoms with Crippen molar-refractivity contribution in [2.45, 2.75) is 57.8 Å². The number of pyridine rings is 4. The second-order valence-electron chi connectivity index (χ2n) is 29.4. The molecule has 0 unspecified atom stereocenters. The summed E-state index contributed by atoms with van der Waals surface area (Å²) in [6.07, 6.45) is 11.8. The molecule has 8 aromatic carbocycles. The van der Waals surface area contributed by atoms with Crippen molar-refractivity contribution in [2.75, 3.05) is 73.7 Å². The molecule has 3 saturated heterocycles. The number of hydrogen-bond acceptors (Lipinski definition) is 19. The van der Waals surface area contributed by atoms with Gasteiger partial charge in [-0.2, -0.15) is 5.90 Å². The monoisotopic (exact) mass is 1780 g/mol. The number of carbonyl (C=O) groups is 8. The van der Waals surface area contributed by atoms with Crippen LogP contribution in [0, 0.1) is 21.6 Å². The van der Waals surface area contributed by atoms with Crippen LogP contribution in [0.1, 0.15) is 159 Å². The lowest BCUT2D eigenvalue weighted by atomic mass is 9.97. The minimum atomic E-state index is -0.368. The molecule has 3 aliphatic heterocycles. The Labute approximate surface area is 753 Å². The van der Waals surface area contributed by atoms with Gasteiger partial charge in [0.15, 0.2) is 23.1 Å². The predicted octanol–water partition coefficient (Wildman–Crippen LogP) is 17.8. The zero-order chi connectivity index (χ0) is 89.7. The van der Waals surface area contributed by atoms with Crippen LogP contribution in [0.2, 0.25) is 20.1 Å². The van der Waals surface area contributed by atoms with Crippen LogP contribution in [0.4, 0.5) is 23.3 Å². The van der Waals surface area contributed by atoms with Crippen molar-refractivity contribution in [3.8, 4) is 0 Å². The molecule has 3 aliphatic rings. The molecular weight excluding hydrogens is 1690 g/mol. The van der Waals surface area contributed by atoms with Crippen molar-refractivity contribution in [3.05, 3.63) is 377 Å². The van der Waals surface area contributed by atoms with Gasteiger partial charge in [0.05, 0.1) is 33.3 Å². The first-order chi connectivity index (χ1) is 61.5. The molecular formula is C97H88Cl4N16O10. The average molecular weight is 1780 g/mol. The summed E-state index contributed by atoms with van der Waals surface area (Å²) in [4.78, 5) is 129. The van der Waals surface area contributed by atoms with Gasteiger partial charge in [0.25, 0.3) is 23.6 Å². The first-order valence-corrected chi connectivity index (χ1v) is 42.1. The number of morpholine rings is 1. The number of rotatable bonds is 24. The van der Waals surface area contributed by atoms with E-state index in [1.165, 1.54) is 31.2 Å². The second kappa shape index (κ2) is 45.5. The smallest absolute Gasteiger partial charge is 0.257 e. The highest BCUT2D eigenvalue weighted by molar-refractivity contribution is 6.31. The summed E-state index contributed by atoms with van der Waals surface area (Å²) in [5, 5.41) is 45.5. The van der Waals surface area contributed by atoms with Gasteiger partial charge in [0, 0.05) is 157 Å². The number of piperidine rings is 1. The lowest BCUT2D eigenvalue weighted by Gasteiger charge is -2.29. The molecule has 0 atom stereocenters. The third-order valence-corrected chi connectivity index (χ3v) is 21.7. The number of amides is 4. The fourth-order valence-corrected chi connectivity index (χ4v) is 14.4. The van der Waals surface area contributed by atoms with E-state index in [2.05, 4.69) is 55.8 Å². The van der Waals surface area contributed by atoms with Gasteiger partial charge in [-0.1, -0.05) is 204 Å². The number of benzene rings is 8. The van der Waals surface area contributed by atoms with Crippen molar-refractivity contribution >= 4 is 140 Å². The Morgan fingerprint density at radius 3 is 0.780 bits per heavy atom. The van der Waals surface area contributed by atoms with Gasteiger partial charge in [-0.25, -0.2) is 19.9 Å². The summed E-state index contributed by atoms with van der Waals surface area (Å²) >= 11 is 23.3. The molecule has 0 aliphatic carbocycles. The lowest BCUT2D eigenvalue weighted by Crippen LogP contribution is -2.40. The van der Waals surface area contributed by atoms with Gasteiger partial charge in [-0.15, -0.1) is 0 Å². The van der Waals surface area contributed by atoms with Crippen molar-refractivity contribution in [1.82, 2.24) is 34.6 Å². The SMILES string of the molecule is N=C(ON)c1ccc(C(=O)Cc2ccccc2C(=O)Nc2ccc(Cl)cn2)cc1.N=C(c1ccc(C(=O)Cc2ccccc2C(=O)Nc2ccc(Cl)cn2)cc1)N1CCCC1.N=C(c1ccc(C(=O)Cc2ccccc2C(=O)Nc2ccc(Cl)cn2)cc1)N1CCCCC1.N=C(c1ccc(C(=O)Cc2ccccc2C(=O)Nc2ccc(Cl)cn2)cc1)N1CCOCC1. The number of carbonyl (C=O) groups excluding carboxylic acids is 8. The minimum absolute atomic E-state index is 0.0435. The maximum Gasteiger partial charge on any atom is 0.257 e. The summed E-state index contributed by atoms with van der Waals surface area (Å²) in [7, 11) is 0. The summed E-state index contributed by atoms with van der Waals surface area (Å²) in [5.74, 6) is 5.89. The molecule has 12 aromatic rings. The number of anilines is 4. The number of likely N-dealkylation sites (tertiary alicyclic amines) is 2. The lowest BCUT2D eigenvalue weighted by molar-refractivity contribution is 0.0680. The molecule has 127 heavy (non-hydrogen) atoms. The third kappa shape index (κ3) is 26.2. The first kappa shape index (κ1) is 92.1. The molecule has 0 bridgehead atoms. The van der Waals surface area contributed by atoms with Crippen LogP contribution in [0.3, 0.4) is 0 Å². The topological polar surface area (TPSA) is 386 Å². The van der Waals surface area contributed by atoms with Crippen LogP contribution < -0.4 is 27.2 Å². The Kier molecular flexibility index (Phi) is 33.0. The highest BCUT2D eigenvalue weighted by atomic mass is 35.5. The van der Waals surface area contributed by atoms with E-state index in [0.717, 1.165) is 68.6 Å². The Hall–Kier alpha value is -14.1. The van der Waals surface area contributed by atoms with Gasteiger partial charge >= 0.3 is 0 Å². The van der Waals surface area contributed by atoms with Gasteiger partial charge in [-0.05, 0) is 139 Å². The maximum atomic E-state index is 12.9. The molecule has 4 amide bonds. The number of nitrogens with one attached hydrogen (secondary N) is 8. The molecule has 26 nitrogen and oxygen atoms in total. The molecule has 4 aromatic heterocycles. The Balaban J connectivity index is 0.000000154. The fourth-order valence-electron chi connectivity index (χ4n) is 13.9. The van der Waals surface area contributed by atoms with E-state index < -0.39 is 0 Å². The molecule has 30 heteroatoms. The number of aromatic nitrogens is 4. The van der Waals surface area contributed by atoms with Crippen LogP contribution in [-0.2, 0) is 35.3 Å². The Morgan fingerprint density at radius 1 is 0.307 bits per heavy atom. The number of halogens is 4. The predicted molar refractivity (Wildman–Crippen MR) is 494 cm³/mol. The van der Waals surface area contributed by atoms with Gasteiger partial charge in [0.1, 0.15) is 40.8 Å². The highest BCUT2D eigenvalue weighted by Crippen LogP contribution is 2.25. The number of hydrogen-bond donors (Lipinski definition) is 9. The normalized spacial score (nSPS) is 12.6. The number of nitrogens with zero attached hydrogens (tertiary/aromatic N) is 7. The number of amidine groups is 3. The number of Topliss-reactive ketones (excluding diaryl/α,β-unsaturated/α-hetero) is 4. The highest BCUT2D eigenvalue weighted by Gasteiger charge is 2.25. The standard InChI is InChI=1S/C26H25ClN4O2.C25H23ClN4O3.C25H23ClN4O2.C21H17ClN4O3/c27-21-12-13-24(29-17-21)30-26(33)22-7-3-2-6-20(22)16-23(32)18-8-10-19(11-9-18)25(28)31-14-4-1-5-15-31;26-20-9-10-23(28-16-20)29-25(32)21-4-2-1-3-19(21)15-22(31)17-5-7-18(8-6-17)24(27)30-11-13-33-14-12-30;26-20-11-12-23(28-16-20)29-25(32)21-6-2-1-5-19(21)15-22(31)17-7-9-18(10-8-17)24(27)30-13-3-4-14-30;22-16-9-10-19(25-12-16)26-21(28)17-4-2-1-3-15(17)11-18(27)13-5-7-14(8-6-13)20(23)29-24/h2-3,6-13,17,28H,1,4-5,14-16H2,(H,29,30,33);1-10,16,27H,11-15H2,(H,28,29,32);1-2,5-12,16,27H,3-4,13-15H2,(H,28,29,32);1-10,12,23H,11,24H2,(H,25,26,28). The largest absolute Gasteiger partial charge is 0.391 e. The quantitative estimate of drug-likeness (QED) is 0.0117. The Morgan fingerprint density at radius 2 is 0.535 bits per heavy atom. The average Bonchev–Trinajstić information content (AvgIpc) is 1.16. The van der Waals surface area contributed by atoms with E-state index in [0.29, 0.717) is 159 Å². The zero-order valence-corrected chi connectivity index (χ0v) is 71.8. The van der Waals surface area contributed by atoms with Crippen molar-refractivity contribution < 1.29 is 47.9 Å². The summed E-state index contributed by atoms with van der Waals surface area (Å²) in [5.41, 5.74) is 9.04. The number of ether oxygens (including phenoxy) is 1. The van der Waals surface area contributed by atoms with Crippen molar-refractivity contribution in [3.63, 3.8) is 0 Å².